The summed E-state index contributed by atoms with van der Waals surface area (Å²) in [6.07, 6.45) is 2.51. The summed E-state index contributed by atoms with van der Waals surface area (Å²) in [6, 6.07) is 8.37. The van der Waals surface area contributed by atoms with E-state index in [1.165, 1.54) is 0 Å². The number of rotatable bonds is 5. The number of benzene rings is 1. The monoisotopic (exact) mass is 286 g/mol. The first-order valence-corrected chi connectivity index (χ1v) is 7.36. The lowest BCUT2D eigenvalue weighted by Crippen LogP contribution is -2.61. The predicted molar refractivity (Wildman–Crippen MR) is 82.5 cm³/mol. The van der Waals surface area contributed by atoms with Crippen LogP contribution >= 0.6 is 0 Å². The van der Waals surface area contributed by atoms with Crippen molar-refractivity contribution >= 4 is 11.8 Å². The van der Waals surface area contributed by atoms with Gasteiger partial charge in [0.05, 0.1) is 0 Å². The molecule has 0 radical (unpaired) electrons. The van der Waals surface area contributed by atoms with Gasteiger partial charge in [0.25, 0.3) is 0 Å². The van der Waals surface area contributed by atoms with Crippen LogP contribution in [0.25, 0.3) is 0 Å². The molecule has 1 aromatic carbocycles. The molecule has 0 saturated carbocycles. The third-order valence-corrected chi connectivity index (χ3v) is 4.06. The van der Waals surface area contributed by atoms with E-state index in [1.54, 1.807) is 11.0 Å². The highest BCUT2D eigenvalue weighted by molar-refractivity contribution is 5.97. The van der Waals surface area contributed by atoms with Gasteiger partial charge in [0.2, 0.25) is 11.8 Å². The number of nitrogens with zero attached hydrogens (tertiary/aromatic N) is 1. The van der Waals surface area contributed by atoms with Gasteiger partial charge >= 0.3 is 0 Å². The van der Waals surface area contributed by atoms with Gasteiger partial charge in [-0.05, 0) is 11.5 Å². The second-order valence-corrected chi connectivity index (χ2v) is 5.46. The molecular weight excluding hydrogens is 264 g/mol. The summed E-state index contributed by atoms with van der Waals surface area (Å²) in [5, 5.41) is 2.89. The average Bonchev–Trinajstić information content (AvgIpc) is 2.51. The molecule has 4 heteroatoms. The van der Waals surface area contributed by atoms with Crippen LogP contribution in [0.5, 0.6) is 0 Å². The third kappa shape index (κ3) is 2.99. The lowest BCUT2D eigenvalue weighted by Gasteiger charge is -2.40. The van der Waals surface area contributed by atoms with Crippen molar-refractivity contribution in [1.82, 2.24) is 10.2 Å². The van der Waals surface area contributed by atoms with Crippen molar-refractivity contribution in [2.75, 3.05) is 6.54 Å². The Morgan fingerprint density at radius 3 is 2.57 bits per heavy atom. The molecule has 1 aliphatic heterocycles. The van der Waals surface area contributed by atoms with Gasteiger partial charge in [-0.2, -0.15) is 0 Å². The van der Waals surface area contributed by atoms with E-state index in [2.05, 4.69) is 11.9 Å². The first-order valence-electron chi connectivity index (χ1n) is 7.36. The van der Waals surface area contributed by atoms with Crippen molar-refractivity contribution in [3.63, 3.8) is 0 Å². The van der Waals surface area contributed by atoms with Crippen molar-refractivity contribution in [3.05, 3.63) is 48.6 Å². The predicted octanol–water partition coefficient (Wildman–Crippen LogP) is 2.29. The molecule has 1 fully saturated rings. The smallest absolute Gasteiger partial charge is 0.248 e. The molecule has 0 bridgehead atoms. The number of nitrogens with one attached hydrogen (secondary N) is 1. The van der Waals surface area contributed by atoms with Gasteiger partial charge in [0.15, 0.2) is 0 Å². The molecular formula is C17H22N2O2. The number of carbonyl (C=O) groups excluding carboxylic acids is 2. The van der Waals surface area contributed by atoms with E-state index in [-0.39, 0.29) is 17.7 Å². The van der Waals surface area contributed by atoms with Crippen molar-refractivity contribution in [1.29, 1.82) is 0 Å². The minimum atomic E-state index is -0.572. The molecule has 0 aromatic heterocycles. The molecule has 3 atom stereocenters. The first kappa shape index (κ1) is 15.3. The first-order chi connectivity index (χ1) is 10.1. The number of carbonyl (C=O) groups is 2. The number of piperazine rings is 1. The van der Waals surface area contributed by atoms with Gasteiger partial charge in [-0.25, -0.2) is 0 Å². The van der Waals surface area contributed by atoms with E-state index in [9.17, 15) is 9.59 Å². The molecule has 2 amide bonds. The van der Waals surface area contributed by atoms with Crippen LogP contribution in [0.2, 0.25) is 0 Å². The quantitative estimate of drug-likeness (QED) is 0.844. The zero-order valence-electron chi connectivity index (χ0n) is 12.6. The topological polar surface area (TPSA) is 49.4 Å². The van der Waals surface area contributed by atoms with Crippen LogP contribution in [-0.2, 0) is 9.59 Å². The van der Waals surface area contributed by atoms with Gasteiger partial charge in [0, 0.05) is 6.54 Å². The second-order valence-electron chi connectivity index (χ2n) is 5.46. The molecule has 1 aromatic rings. The fourth-order valence-corrected chi connectivity index (χ4v) is 2.66. The van der Waals surface area contributed by atoms with Crippen LogP contribution in [-0.4, -0.2) is 29.3 Å². The second kappa shape index (κ2) is 6.57. The summed E-state index contributed by atoms with van der Waals surface area (Å²) in [7, 11) is 0. The Labute approximate surface area is 125 Å². The summed E-state index contributed by atoms with van der Waals surface area (Å²) in [6.45, 7) is 8.08. The van der Waals surface area contributed by atoms with Gasteiger partial charge in [0.1, 0.15) is 12.1 Å². The van der Waals surface area contributed by atoms with E-state index < -0.39 is 12.1 Å². The molecule has 1 saturated heterocycles. The van der Waals surface area contributed by atoms with Crippen molar-refractivity contribution in [3.8, 4) is 0 Å². The highest BCUT2D eigenvalue weighted by atomic mass is 16.2. The summed E-state index contributed by atoms with van der Waals surface area (Å²) in [4.78, 5) is 26.8. The fourth-order valence-electron chi connectivity index (χ4n) is 2.66. The van der Waals surface area contributed by atoms with Crippen LogP contribution < -0.4 is 5.32 Å². The summed E-state index contributed by atoms with van der Waals surface area (Å²) >= 11 is 0. The Morgan fingerprint density at radius 2 is 2.00 bits per heavy atom. The minimum Gasteiger partial charge on any atom is -0.342 e. The normalized spacial score (nSPS) is 23.6. The lowest BCUT2D eigenvalue weighted by molar-refractivity contribution is -0.150. The maximum Gasteiger partial charge on any atom is 0.248 e. The lowest BCUT2D eigenvalue weighted by atomic mass is 9.92. The Morgan fingerprint density at radius 1 is 1.33 bits per heavy atom. The molecule has 1 aliphatic rings. The molecule has 0 aliphatic carbocycles. The van der Waals surface area contributed by atoms with Gasteiger partial charge in [-0.15, -0.1) is 6.58 Å². The Hall–Kier alpha value is -2.10. The molecule has 0 spiro atoms. The highest BCUT2D eigenvalue weighted by Crippen LogP contribution is 2.27. The molecule has 4 nitrogen and oxygen atoms in total. The maximum atomic E-state index is 12.7. The van der Waals surface area contributed by atoms with Crippen LogP contribution in [0.15, 0.2) is 43.0 Å². The largest absolute Gasteiger partial charge is 0.342 e. The van der Waals surface area contributed by atoms with E-state index in [0.29, 0.717) is 6.54 Å². The van der Waals surface area contributed by atoms with E-state index in [4.69, 9.17) is 0 Å². The van der Waals surface area contributed by atoms with Gasteiger partial charge < -0.3 is 10.2 Å². The average molecular weight is 286 g/mol. The van der Waals surface area contributed by atoms with Crippen molar-refractivity contribution in [2.24, 2.45) is 5.92 Å². The van der Waals surface area contributed by atoms with Crippen LogP contribution in [0.1, 0.15) is 31.9 Å². The van der Waals surface area contributed by atoms with E-state index in [0.717, 1.165) is 12.0 Å². The number of hydrogen-bond donors (Lipinski definition) is 1. The standard InChI is InChI=1S/C17H22N2O2/c1-4-11-19-15(13-9-7-6-8-10-13)16(20)18-14(17(19)21)12(3)5-2/h4,6-10,12,14-15H,1,5,11H2,2-3H3,(H,18,20). The minimum absolute atomic E-state index is 0.0299. The fraction of sp³-hybridized carbons (Fsp3) is 0.412. The molecule has 1 heterocycles. The van der Waals surface area contributed by atoms with Crippen LogP contribution in [0, 0.1) is 5.92 Å². The van der Waals surface area contributed by atoms with Gasteiger partial charge in [-0.3, -0.25) is 9.59 Å². The van der Waals surface area contributed by atoms with Crippen molar-refractivity contribution < 1.29 is 9.59 Å². The summed E-state index contributed by atoms with van der Waals surface area (Å²) < 4.78 is 0. The zero-order valence-corrected chi connectivity index (χ0v) is 12.6. The Bertz CT molecular complexity index is 527. The van der Waals surface area contributed by atoms with E-state index >= 15 is 0 Å². The summed E-state index contributed by atoms with van der Waals surface area (Å²) in [5.74, 6) is -0.0314. The summed E-state index contributed by atoms with van der Waals surface area (Å²) in [5.41, 5.74) is 0.827. The van der Waals surface area contributed by atoms with Gasteiger partial charge in [-0.1, -0.05) is 56.7 Å². The molecule has 21 heavy (non-hydrogen) atoms. The van der Waals surface area contributed by atoms with Crippen LogP contribution in [0.3, 0.4) is 0 Å². The maximum absolute atomic E-state index is 12.7. The van der Waals surface area contributed by atoms with E-state index in [1.807, 2.05) is 44.2 Å². The molecule has 2 rings (SSSR count). The Kier molecular flexibility index (Phi) is 4.78. The van der Waals surface area contributed by atoms with Crippen molar-refractivity contribution in [2.45, 2.75) is 32.4 Å². The highest BCUT2D eigenvalue weighted by Gasteiger charge is 2.42. The molecule has 1 N–H and O–H groups in total. The zero-order chi connectivity index (χ0) is 15.4. The number of amides is 2. The van der Waals surface area contributed by atoms with Crippen LogP contribution in [0.4, 0.5) is 0 Å². The molecule has 112 valence electrons. The third-order valence-electron chi connectivity index (χ3n) is 4.06. The molecule has 3 unspecified atom stereocenters. The Balaban J connectivity index is 2.35. The SMILES string of the molecule is C=CCN1C(=O)C(C(C)CC)NC(=O)C1c1ccccc1. The number of hydrogen-bond acceptors (Lipinski definition) is 2.